The van der Waals surface area contributed by atoms with E-state index < -0.39 is 6.36 Å². The molecule has 6 heteroatoms. The first-order valence-electron chi connectivity index (χ1n) is 5.10. The highest BCUT2D eigenvalue weighted by Crippen LogP contribution is 2.15. The fourth-order valence-electron chi connectivity index (χ4n) is 1.74. The minimum absolute atomic E-state index is 0.240. The van der Waals surface area contributed by atoms with Crippen molar-refractivity contribution in [1.82, 2.24) is 10.2 Å². The molecular formula is C9H17F3N2O. The Labute approximate surface area is 87.6 Å². The third-order valence-corrected chi connectivity index (χ3v) is 2.60. The molecule has 90 valence electrons. The van der Waals surface area contributed by atoms with Gasteiger partial charge in [0.05, 0.1) is 6.61 Å². The minimum Gasteiger partial charge on any atom is -0.313 e. The molecule has 3 nitrogen and oxygen atoms in total. The molecule has 0 aromatic heterocycles. The Bertz CT molecular complexity index is 187. The highest BCUT2D eigenvalue weighted by molar-refractivity contribution is 4.77. The van der Waals surface area contributed by atoms with Crippen LogP contribution in [0.3, 0.4) is 0 Å². The lowest BCUT2D eigenvalue weighted by molar-refractivity contribution is -0.323. The van der Waals surface area contributed by atoms with Crippen LogP contribution in [-0.2, 0) is 4.74 Å². The smallest absolute Gasteiger partial charge is 0.313 e. The Hall–Kier alpha value is -0.330. The molecule has 1 atom stereocenters. The second-order valence-electron chi connectivity index (χ2n) is 3.77. The van der Waals surface area contributed by atoms with Gasteiger partial charge >= 0.3 is 6.36 Å². The maximum Gasteiger partial charge on any atom is 0.522 e. The van der Waals surface area contributed by atoms with Crippen molar-refractivity contribution in [3.63, 3.8) is 0 Å². The van der Waals surface area contributed by atoms with Gasteiger partial charge < -0.3 is 10.2 Å². The fraction of sp³-hybridized carbons (Fsp3) is 1.00. The number of hydrogen-bond donors (Lipinski definition) is 1. The van der Waals surface area contributed by atoms with Crippen molar-refractivity contribution in [1.29, 1.82) is 0 Å². The second kappa shape index (κ2) is 5.67. The number of ether oxygens (including phenoxy) is 1. The molecule has 0 aromatic carbocycles. The van der Waals surface area contributed by atoms with Crippen molar-refractivity contribution in [2.75, 3.05) is 33.3 Å². The highest BCUT2D eigenvalue weighted by atomic mass is 19.4. The summed E-state index contributed by atoms with van der Waals surface area (Å²) < 4.78 is 38.4. The van der Waals surface area contributed by atoms with Gasteiger partial charge in [-0.1, -0.05) is 0 Å². The number of halogens is 3. The van der Waals surface area contributed by atoms with Gasteiger partial charge in [0, 0.05) is 19.1 Å². The van der Waals surface area contributed by atoms with Crippen LogP contribution >= 0.6 is 0 Å². The maximum atomic E-state index is 11.6. The topological polar surface area (TPSA) is 24.5 Å². The van der Waals surface area contributed by atoms with E-state index >= 15 is 0 Å². The standard InChI is InChI=1S/C9H17F3N2O/c1-14-5-2-3-8(14)7-13-4-6-15-9(10,11)12/h8,13H,2-7H2,1H3. The summed E-state index contributed by atoms with van der Waals surface area (Å²) in [5, 5.41) is 2.96. The lowest BCUT2D eigenvalue weighted by Gasteiger charge is -2.19. The summed E-state index contributed by atoms with van der Waals surface area (Å²) in [5.41, 5.74) is 0. The predicted octanol–water partition coefficient (Wildman–Crippen LogP) is 1.21. The van der Waals surface area contributed by atoms with Crippen molar-refractivity contribution in [3.05, 3.63) is 0 Å². The summed E-state index contributed by atoms with van der Waals surface area (Å²) in [6.07, 6.45) is -2.22. The first-order chi connectivity index (χ1) is 6.99. The molecule has 1 aliphatic heterocycles. The Morgan fingerprint density at radius 1 is 1.47 bits per heavy atom. The number of likely N-dealkylation sites (N-methyl/N-ethyl adjacent to an activating group) is 1. The average Bonchev–Trinajstić information content (AvgIpc) is 2.49. The van der Waals surface area contributed by atoms with E-state index in [4.69, 9.17) is 0 Å². The van der Waals surface area contributed by atoms with Gasteiger partial charge in [0.1, 0.15) is 0 Å². The summed E-state index contributed by atoms with van der Waals surface area (Å²) in [6, 6.07) is 0.455. The van der Waals surface area contributed by atoms with Crippen LogP contribution in [0.25, 0.3) is 0 Å². The van der Waals surface area contributed by atoms with Gasteiger partial charge in [0.2, 0.25) is 0 Å². The summed E-state index contributed by atoms with van der Waals surface area (Å²) in [4.78, 5) is 2.22. The monoisotopic (exact) mass is 226 g/mol. The van der Waals surface area contributed by atoms with Crippen LogP contribution in [0.15, 0.2) is 0 Å². The molecule has 0 aliphatic carbocycles. The minimum atomic E-state index is -4.51. The van der Waals surface area contributed by atoms with Gasteiger partial charge in [-0.05, 0) is 26.4 Å². The SMILES string of the molecule is CN1CCCC1CNCCOC(F)(F)F. The zero-order valence-corrected chi connectivity index (χ0v) is 8.81. The molecule has 0 aromatic rings. The zero-order chi connectivity index (χ0) is 11.3. The molecule has 0 saturated carbocycles. The summed E-state index contributed by atoms with van der Waals surface area (Å²) in [5.74, 6) is 0. The van der Waals surface area contributed by atoms with E-state index in [9.17, 15) is 13.2 Å². The second-order valence-corrected chi connectivity index (χ2v) is 3.77. The van der Waals surface area contributed by atoms with Crippen molar-refractivity contribution >= 4 is 0 Å². The molecule has 1 fully saturated rings. The average molecular weight is 226 g/mol. The van der Waals surface area contributed by atoms with Crippen LogP contribution in [0.1, 0.15) is 12.8 Å². The Balaban J connectivity index is 1.97. The molecule has 15 heavy (non-hydrogen) atoms. The normalized spacial score (nSPS) is 23.6. The number of nitrogens with one attached hydrogen (secondary N) is 1. The van der Waals surface area contributed by atoms with Gasteiger partial charge in [-0.2, -0.15) is 0 Å². The fourth-order valence-corrected chi connectivity index (χ4v) is 1.74. The number of likely N-dealkylation sites (tertiary alicyclic amines) is 1. The van der Waals surface area contributed by atoms with E-state index in [1.807, 2.05) is 7.05 Å². The van der Waals surface area contributed by atoms with E-state index in [1.54, 1.807) is 0 Å². The van der Waals surface area contributed by atoms with Gasteiger partial charge in [0.25, 0.3) is 0 Å². The summed E-state index contributed by atoms with van der Waals surface area (Å²) in [7, 11) is 2.03. The van der Waals surface area contributed by atoms with E-state index in [1.165, 1.54) is 6.42 Å². The molecule has 1 saturated heterocycles. The van der Waals surface area contributed by atoms with E-state index in [0.29, 0.717) is 6.04 Å². The third-order valence-electron chi connectivity index (χ3n) is 2.60. The van der Waals surface area contributed by atoms with Crippen LogP contribution in [0.2, 0.25) is 0 Å². The van der Waals surface area contributed by atoms with Crippen LogP contribution in [0.5, 0.6) is 0 Å². The molecule has 1 heterocycles. The summed E-state index contributed by atoms with van der Waals surface area (Å²) >= 11 is 0. The van der Waals surface area contributed by atoms with Gasteiger partial charge in [-0.3, -0.25) is 4.74 Å². The van der Waals surface area contributed by atoms with E-state index in [2.05, 4.69) is 15.0 Å². The lowest BCUT2D eigenvalue weighted by atomic mass is 10.2. The molecule has 1 aliphatic rings. The number of alkyl halides is 3. The molecule has 0 spiro atoms. The molecule has 0 radical (unpaired) electrons. The number of nitrogens with zero attached hydrogens (tertiary/aromatic N) is 1. The largest absolute Gasteiger partial charge is 0.522 e. The molecule has 1 unspecified atom stereocenters. The highest BCUT2D eigenvalue weighted by Gasteiger charge is 2.28. The van der Waals surface area contributed by atoms with Crippen LogP contribution in [-0.4, -0.2) is 50.6 Å². The maximum absolute atomic E-state index is 11.6. The van der Waals surface area contributed by atoms with Crippen molar-refractivity contribution in [2.45, 2.75) is 25.2 Å². The Morgan fingerprint density at radius 3 is 2.73 bits per heavy atom. The van der Waals surface area contributed by atoms with Gasteiger partial charge in [0.15, 0.2) is 0 Å². The van der Waals surface area contributed by atoms with Crippen LogP contribution in [0, 0.1) is 0 Å². The lowest BCUT2D eigenvalue weighted by Crippen LogP contribution is -2.37. The molecule has 0 amide bonds. The van der Waals surface area contributed by atoms with Crippen LogP contribution in [0.4, 0.5) is 13.2 Å². The first-order valence-corrected chi connectivity index (χ1v) is 5.10. The predicted molar refractivity (Wildman–Crippen MR) is 50.5 cm³/mol. The van der Waals surface area contributed by atoms with Crippen molar-refractivity contribution in [3.8, 4) is 0 Å². The van der Waals surface area contributed by atoms with Crippen molar-refractivity contribution < 1.29 is 17.9 Å². The van der Waals surface area contributed by atoms with Gasteiger partial charge in [-0.25, -0.2) is 0 Å². The quantitative estimate of drug-likeness (QED) is 0.713. The Kier molecular flexibility index (Phi) is 4.82. The first kappa shape index (κ1) is 12.7. The number of hydrogen-bond acceptors (Lipinski definition) is 3. The molecular weight excluding hydrogens is 209 g/mol. The van der Waals surface area contributed by atoms with Crippen LogP contribution < -0.4 is 5.32 Å². The number of rotatable bonds is 5. The van der Waals surface area contributed by atoms with Gasteiger partial charge in [-0.15, -0.1) is 13.2 Å². The molecule has 1 N–H and O–H groups in total. The van der Waals surface area contributed by atoms with E-state index in [-0.39, 0.29) is 13.2 Å². The van der Waals surface area contributed by atoms with E-state index in [0.717, 1.165) is 19.5 Å². The third kappa shape index (κ3) is 5.34. The Morgan fingerprint density at radius 2 is 2.20 bits per heavy atom. The molecule has 1 rings (SSSR count). The molecule has 0 bridgehead atoms. The van der Waals surface area contributed by atoms with Crippen molar-refractivity contribution in [2.24, 2.45) is 0 Å². The summed E-state index contributed by atoms with van der Waals surface area (Å²) in [6.45, 7) is 1.73. The zero-order valence-electron chi connectivity index (χ0n) is 8.81.